The second-order valence-corrected chi connectivity index (χ2v) is 6.88. The lowest BCUT2D eigenvalue weighted by atomic mass is 9.95. The molecule has 2 aromatic heterocycles. The van der Waals surface area contributed by atoms with E-state index in [2.05, 4.69) is 9.97 Å². The molecular formula is C17H19N3O2S. The normalized spacial score (nSPS) is 14.3. The van der Waals surface area contributed by atoms with E-state index in [0.29, 0.717) is 23.6 Å². The molecule has 23 heavy (non-hydrogen) atoms. The molecule has 0 aliphatic carbocycles. The zero-order chi connectivity index (χ0) is 16.4. The number of hydrogen-bond acceptors (Lipinski definition) is 5. The molecule has 0 fully saturated rings. The first-order valence-corrected chi connectivity index (χ1v) is 8.26. The lowest BCUT2D eigenvalue weighted by Gasteiger charge is -2.29. The zero-order valence-corrected chi connectivity index (χ0v) is 13.9. The monoisotopic (exact) mass is 329 g/mol. The Morgan fingerprint density at radius 1 is 1.30 bits per heavy atom. The van der Waals surface area contributed by atoms with Crippen LogP contribution in [-0.2, 0) is 12.1 Å². The number of benzene rings is 1. The summed E-state index contributed by atoms with van der Waals surface area (Å²) in [6, 6.07) is 11.4. The van der Waals surface area contributed by atoms with Gasteiger partial charge >= 0.3 is 0 Å². The highest BCUT2D eigenvalue weighted by molar-refractivity contribution is 7.17. The number of fused-ring (bicyclic) bond motifs is 1. The van der Waals surface area contributed by atoms with Crippen molar-refractivity contribution in [3.63, 3.8) is 0 Å². The maximum absolute atomic E-state index is 12.0. The maximum atomic E-state index is 12.0. The van der Waals surface area contributed by atoms with E-state index in [9.17, 15) is 9.90 Å². The highest BCUT2D eigenvalue weighted by atomic mass is 32.1. The number of aliphatic hydroxyl groups is 1. The van der Waals surface area contributed by atoms with Gasteiger partial charge in [-0.25, -0.2) is 4.98 Å². The highest BCUT2D eigenvalue weighted by Gasteiger charge is 2.25. The highest BCUT2D eigenvalue weighted by Crippen LogP contribution is 2.21. The zero-order valence-electron chi connectivity index (χ0n) is 13.1. The van der Waals surface area contributed by atoms with Crippen molar-refractivity contribution < 1.29 is 5.11 Å². The quantitative estimate of drug-likeness (QED) is 0.754. The molecule has 0 saturated heterocycles. The average molecular weight is 329 g/mol. The van der Waals surface area contributed by atoms with Crippen LogP contribution in [0.4, 0.5) is 0 Å². The molecule has 0 unspecified atom stereocenters. The third-order valence-corrected chi connectivity index (χ3v) is 4.66. The fourth-order valence-corrected chi connectivity index (χ4v) is 3.45. The van der Waals surface area contributed by atoms with E-state index in [4.69, 9.17) is 0 Å². The number of H-pyrrole nitrogens is 1. The second kappa shape index (κ2) is 6.23. The fraction of sp³-hybridized carbons (Fsp3) is 0.294. The van der Waals surface area contributed by atoms with Crippen LogP contribution in [0.1, 0.15) is 18.3 Å². The molecule has 0 spiro atoms. The molecule has 6 heteroatoms. The van der Waals surface area contributed by atoms with Gasteiger partial charge in [-0.2, -0.15) is 0 Å². The minimum Gasteiger partial charge on any atom is -0.384 e. The number of aromatic nitrogens is 2. The van der Waals surface area contributed by atoms with E-state index in [0.717, 1.165) is 11.1 Å². The Hall–Kier alpha value is -2.02. The van der Waals surface area contributed by atoms with Crippen molar-refractivity contribution >= 4 is 21.6 Å². The minimum atomic E-state index is -0.969. The van der Waals surface area contributed by atoms with Crippen molar-refractivity contribution in [1.82, 2.24) is 14.9 Å². The number of rotatable bonds is 5. The summed E-state index contributed by atoms with van der Waals surface area (Å²) in [7, 11) is 1.90. The lowest BCUT2D eigenvalue weighted by Crippen LogP contribution is -2.37. The Bertz CT molecular complexity index is 855. The maximum Gasteiger partial charge on any atom is 0.268 e. The number of nitrogens with zero attached hydrogens (tertiary/aromatic N) is 2. The second-order valence-electron chi connectivity index (χ2n) is 5.96. The van der Waals surface area contributed by atoms with Crippen LogP contribution < -0.4 is 5.56 Å². The third-order valence-electron chi connectivity index (χ3n) is 3.76. The van der Waals surface area contributed by atoms with Gasteiger partial charge in [-0.15, -0.1) is 11.3 Å². The van der Waals surface area contributed by atoms with Gasteiger partial charge in [0.05, 0.1) is 17.7 Å². The molecule has 2 heterocycles. The fourth-order valence-electron chi connectivity index (χ4n) is 2.72. The summed E-state index contributed by atoms with van der Waals surface area (Å²) in [5, 5.41) is 12.6. The largest absolute Gasteiger partial charge is 0.384 e. The van der Waals surface area contributed by atoms with Crippen molar-refractivity contribution in [2.24, 2.45) is 0 Å². The predicted octanol–water partition coefficient (Wildman–Crippen LogP) is 2.32. The van der Waals surface area contributed by atoms with Crippen molar-refractivity contribution in [2.45, 2.75) is 19.1 Å². The number of hydrogen-bond donors (Lipinski definition) is 2. The van der Waals surface area contributed by atoms with Gasteiger partial charge < -0.3 is 10.1 Å². The summed E-state index contributed by atoms with van der Waals surface area (Å²) in [4.78, 5) is 21.2. The molecule has 2 N–H and O–H groups in total. The first-order chi connectivity index (χ1) is 11.0. The molecule has 5 nitrogen and oxygen atoms in total. The smallest absolute Gasteiger partial charge is 0.268 e. The van der Waals surface area contributed by atoms with Crippen LogP contribution in [0.5, 0.6) is 0 Å². The predicted molar refractivity (Wildman–Crippen MR) is 92.6 cm³/mol. The van der Waals surface area contributed by atoms with E-state index >= 15 is 0 Å². The summed E-state index contributed by atoms with van der Waals surface area (Å²) in [6.45, 7) is 2.68. The summed E-state index contributed by atoms with van der Waals surface area (Å²) in [6.07, 6.45) is 0. The van der Waals surface area contributed by atoms with E-state index < -0.39 is 5.60 Å². The number of aromatic amines is 1. The molecule has 0 amide bonds. The van der Waals surface area contributed by atoms with Gasteiger partial charge in [-0.05, 0) is 31.0 Å². The Balaban J connectivity index is 1.75. The van der Waals surface area contributed by atoms with E-state index in [1.807, 2.05) is 53.7 Å². The summed E-state index contributed by atoms with van der Waals surface area (Å²) in [5.41, 5.74) is 0.504. The van der Waals surface area contributed by atoms with Crippen molar-refractivity contribution in [3.05, 3.63) is 63.5 Å². The topological polar surface area (TPSA) is 69.2 Å². The lowest BCUT2D eigenvalue weighted by molar-refractivity contribution is 0.0208. The van der Waals surface area contributed by atoms with Gasteiger partial charge in [-0.3, -0.25) is 9.69 Å². The Morgan fingerprint density at radius 3 is 2.78 bits per heavy atom. The van der Waals surface area contributed by atoms with Gasteiger partial charge in [0.1, 0.15) is 10.5 Å². The first-order valence-electron chi connectivity index (χ1n) is 7.38. The molecule has 0 bridgehead atoms. The molecule has 0 aliphatic rings. The standard InChI is InChI=1S/C17H19N3O2S/c1-17(22,12-6-4-3-5-7-12)11-20(2)10-14-18-13-8-9-23-15(13)16(21)19-14/h3-9,22H,10-11H2,1-2H3,(H,18,19,21)/t17-/m0/s1. The average Bonchev–Trinajstić information content (AvgIpc) is 2.96. The van der Waals surface area contributed by atoms with Crippen LogP contribution in [0.15, 0.2) is 46.6 Å². The molecule has 0 saturated carbocycles. The van der Waals surface area contributed by atoms with Crippen LogP contribution in [-0.4, -0.2) is 33.6 Å². The van der Waals surface area contributed by atoms with Crippen LogP contribution in [0, 0.1) is 0 Å². The van der Waals surface area contributed by atoms with Gasteiger partial charge in [0.15, 0.2) is 0 Å². The molecule has 0 aliphatic heterocycles. The number of nitrogens with one attached hydrogen (secondary N) is 1. The van der Waals surface area contributed by atoms with Crippen molar-refractivity contribution in [2.75, 3.05) is 13.6 Å². The van der Waals surface area contributed by atoms with Crippen LogP contribution in [0.3, 0.4) is 0 Å². The van der Waals surface area contributed by atoms with E-state index in [1.54, 1.807) is 6.92 Å². The number of thiophene rings is 1. The van der Waals surface area contributed by atoms with Gasteiger partial charge in [0, 0.05) is 6.54 Å². The van der Waals surface area contributed by atoms with Crippen LogP contribution in [0.25, 0.3) is 10.2 Å². The first kappa shape index (κ1) is 15.9. The van der Waals surface area contributed by atoms with Crippen molar-refractivity contribution in [1.29, 1.82) is 0 Å². The Kier molecular flexibility index (Phi) is 4.30. The molecule has 3 aromatic rings. The molecular weight excluding hydrogens is 310 g/mol. The Morgan fingerprint density at radius 2 is 2.04 bits per heavy atom. The van der Waals surface area contributed by atoms with Gasteiger partial charge in [-0.1, -0.05) is 30.3 Å². The summed E-state index contributed by atoms with van der Waals surface area (Å²) in [5.74, 6) is 0.604. The summed E-state index contributed by atoms with van der Waals surface area (Å²) < 4.78 is 0.646. The number of likely N-dealkylation sites (N-methyl/N-ethyl adjacent to an activating group) is 1. The minimum absolute atomic E-state index is 0.108. The molecule has 120 valence electrons. The van der Waals surface area contributed by atoms with Crippen LogP contribution >= 0.6 is 11.3 Å². The van der Waals surface area contributed by atoms with Gasteiger partial charge in [0.25, 0.3) is 5.56 Å². The molecule has 3 rings (SSSR count). The van der Waals surface area contributed by atoms with Gasteiger partial charge in [0.2, 0.25) is 0 Å². The van der Waals surface area contributed by atoms with Crippen LogP contribution in [0.2, 0.25) is 0 Å². The molecule has 1 aromatic carbocycles. The van der Waals surface area contributed by atoms with E-state index in [-0.39, 0.29) is 5.56 Å². The van der Waals surface area contributed by atoms with E-state index in [1.165, 1.54) is 11.3 Å². The summed E-state index contributed by atoms with van der Waals surface area (Å²) >= 11 is 1.39. The SMILES string of the molecule is CN(Cc1nc2ccsc2c(=O)[nH]1)C[C@](C)(O)c1ccccc1. The molecule has 0 radical (unpaired) electrons. The molecule has 1 atom stereocenters. The Labute approximate surface area is 138 Å². The van der Waals surface area contributed by atoms with Crippen molar-refractivity contribution in [3.8, 4) is 0 Å². The third kappa shape index (κ3) is 3.50.